The van der Waals surface area contributed by atoms with E-state index in [9.17, 15) is 15.2 Å². The van der Waals surface area contributed by atoms with E-state index >= 15 is 0 Å². The van der Waals surface area contributed by atoms with Crippen molar-refractivity contribution in [2.45, 2.75) is 44.0 Å². The molecule has 1 saturated carbocycles. The molecule has 4 atom stereocenters. The predicted molar refractivity (Wildman–Crippen MR) is 89.5 cm³/mol. The lowest BCUT2D eigenvalue weighted by molar-refractivity contribution is 0.0976. The molecular weight excluding hydrogens is 320 g/mol. The summed E-state index contributed by atoms with van der Waals surface area (Å²) in [5.41, 5.74) is 2.44. The Kier molecular flexibility index (Phi) is 3.93. The maximum Gasteiger partial charge on any atom is 0.321 e. The summed E-state index contributed by atoms with van der Waals surface area (Å²) in [6.07, 6.45) is 9.57. The fourth-order valence-corrected chi connectivity index (χ4v) is 3.96. The maximum atomic E-state index is 11.9. The SMILES string of the molecule is N#CCC(C1CCCC1O)n1cc(C2=C3C=CNC3NC(=O)N2)cn1. The minimum absolute atomic E-state index is 0.0356. The summed E-state index contributed by atoms with van der Waals surface area (Å²) >= 11 is 0. The Morgan fingerprint density at radius 1 is 1.48 bits per heavy atom. The number of nitriles is 1. The lowest BCUT2D eigenvalue weighted by Crippen LogP contribution is -2.51. The van der Waals surface area contributed by atoms with E-state index in [1.165, 1.54) is 0 Å². The first-order chi connectivity index (χ1) is 12.2. The molecule has 130 valence electrons. The van der Waals surface area contributed by atoms with Crippen molar-refractivity contribution in [3.8, 4) is 6.07 Å². The van der Waals surface area contributed by atoms with E-state index in [-0.39, 0.29) is 24.2 Å². The molecule has 0 aromatic carbocycles. The van der Waals surface area contributed by atoms with Crippen LogP contribution in [-0.4, -0.2) is 33.2 Å². The largest absolute Gasteiger partial charge is 0.393 e. The minimum Gasteiger partial charge on any atom is -0.393 e. The highest BCUT2D eigenvalue weighted by Gasteiger charge is 2.35. The Hall–Kier alpha value is -2.79. The van der Waals surface area contributed by atoms with Gasteiger partial charge in [0.25, 0.3) is 0 Å². The summed E-state index contributed by atoms with van der Waals surface area (Å²) in [6.45, 7) is 0. The molecule has 1 aliphatic carbocycles. The highest BCUT2D eigenvalue weighted by Crippen LogP contribution is 2.36. The number of hydrogen-bond donors (Lipinski definition) is 4. The molecule has 3 aliphatic rings. The molecule has 0 radical (unpaired) electrons. The van der Waals surface area contributed by atoms with Crippen LogP contribution in [0.15, 0.2) is 30.2 Å². The summed E-state index contributed by atoms with van der Waals surface area (Å²) in [6, 6.07) is 1.78. The number of nitrogens with zero attached hydrogens (tertiary/aromatic N) is 3. The van der Waals surface area contributed by atoms with Crippen LogP contribution in [-0.2, 0) is 0 Å². The number of rotatable bonds is 4. The average molecular weight is 340 g/mol. The van der Waals surface area contributed by atoms with Crippen molar-refractivity contribution in [3.05, 3.63) is 35.8 Å². The highest BCUT2D eigenvalue weighted by molar-refractivity contribution is 5.91. The number of amides is 2. The van der Waals surface area contributed by atoms with Gasteiger partial charge in [-0.15, -0.1) is 0 Å². The summed E-state index contributed by atoms with van der Waals surface area (Å²) in [5, 5.41) is 32.6. The van der Waals surface area contributed by atoms with Gasteiger partial charge in [-0.1, -0.05) is 6.42 Å². The Balaban J connectivity index is 1.66. The Morgan fingerprint density at radius 3 is 3.12 bits per heavy atom. The van der Waals surface area contributed by atoms with E-state index in [1.54, 1.807) is 17.1 Å². The second-order valence-corrected chi connectivity index (χ2v) is 6.66. The van der Waals surface area contributed by atoms with Gasteiger partial charge < -0.3 is 21.1 Å². The molecule has 1 aromatic rings. The standard InChI is InChI=1S/C17H20N6O2/c18-6-4-13(11-2-1-3-14(11)24)23-9-10(8-20-23)15-12-5-7-19-16(12)22-17(25)21-15/h5,7-9,11,13-14,16,19,24H,1-4H2,(H2,21,22,25). The third-order valence-corrected chi connectivity index (χ3v) is 5.20. The first-order valence-electron chi connectivity index (χ1n) is 8.51. The second kappa shape index (κ2) is 6.26. The van der Waals surface area contributed by atoms with Crippen LogP contribution in [0.2, 0.25) is 0 Å². The van der Waals surface area contributed by atoms with Crippen molar-refractivity contribution in [3.63, 3.8) is 0 Å². The molecule has 8 nitrogen and oxygen atoms in total. The van der Waals surface area contributed by atoms with E-state index in [1.807, 2.05) is 12.3 Å². The van der Waals surface area contributed by atoms with Crippen LogP contribution < -0.4 is 16.0 Å². The molecular formula is C17H20N6O2. The first-order valence-corrected chi connectivity index (χ1v) is 8.51. The van der Waals surface area contributed by atoms with Crippen LogP contribution in [0.25, 0.3) is 5.70 Å². The molecule has 1 fully saturated rings. The van der Waals surface area contributed by atoms with Crippen LogP contribution in [0.4, 0.5) is 4.79 Å². The monoisotopic (exact) mass is 340 g/mol. The van der Waals surface area contributed by atoms with E-state index in [0.717, 1.165) is 30.4 Å². The number of aromatic nitrogens is 2. The normalized spacial score (nSPS) is 28.8. The molecule has 2 aliphatic heterocycles. The van der Waals surface area contributed by atoms with E-state index < -0.39 is 6.10 Å². The summed E-state index contributed by atoms with van der Waals surface area (Å²) < 4.78 is 1.76. The van der Waals surface area contributed by atoms with Gasteiger partial charge in [0, 0.05) is 23.3 Å². The molecule has 3 heterocycles. The molecule has 0 saturated heterocycles. The zero-order chi connectivity index (χ0) is 17.4. The lowest BCUT2D eigenvalue weighted by atomic mass is 9.94. The lowest BCUT2D eigenvalue weighted by Gasteiger charge is -2.25. The van der Waals surface area contributed by atoms with E-state index in [4.69, 9.17) is 0 Å². The Labute approximate surface area is 145 Å². The minimum atomic E-state index is -0.391. The van der Waals surface area contributed by atoms with E-state index in [0.29, 0.717) is 12.1 Å². The van der Waals surface area contributed by atoms with Crippen LogP contribution in [0.1, 0.15) is 37.3 Å². The number of urea groups is 1. The number of carbonyl (C=O) groups is 1. The van der Waals surface area contributed by atoms with Gasteiger partial charge in [-0.05, 0) is 25.1 Å². The van der Waals surface area contributed by atoms with Crippen molar-refractivity contribution in [1.82, 2.24) is 25.7 Å². The van der Waals surface area contributed by atoms with Crippen molar-refractivity contribution < 1.29 is 9.90 Å². The van der Waals surface area contributed by atoms with Crippen LogP contribution in [0.3, 0.4) is 0 Å². The number of aliphatic hydroxyl groups is 1. The fraction of sp³-hybridized carbons (Fsp3) is 0.471. The second-order valence-electron chi connectivity index (χ2n) is 6.66. The molecule has 4 rings (SSSR count). The quantitative estimate of drug-likeness (QED) is 0.652. The molecule has 2 amide bonds. The summed E-state index contributed by atoms with van der Waals surface area (Å²) in [5.74, 6) is 0.0356. The Morgan fingerprint density at radius 2 is 2.36 bits per heavy atom. The van der Waals surface area contributed by atoms with Gasteiger partial charge in [0.1, 0.15) is 6.17 Å². The summed E-state index contributed by atoms with van der Waals surface area (Å²) in [4.78, 5) is 11.9. The number of aliphatic hydroxyl groups excluding tert-OH is 1. The number of carbonyl (C=O) groups excluding carboxylic acids is 1. The van der Waals surface area contributed by atoms with Crippen molar-refractivity contribution in [2.75, 3.05) is 0 Å². The highest BCUT2D eigenvalue weighted by atomic mass is 16.3. The van der Waals surface area contributed by atoms with Crippen LogP contribution >= 0.6 is 0 Å². The Bertz CT molecular complexity index is 789. The molecule has 4 N–H and O–H groups in total. The molecule has 25 heavy (non-hydrogen) atoms. The molecule has 8 heteroatoms. The zero-order valence-electron chi connectivity index (χ0n) is 13.6. The molecule has 4 unspecified atom stereocenters. The third-order valence-electron chi connectivity index (χ3n) is 5.20. The van der Waals surface area contributed by atoms with Crippen molar-refractivity contribution in [1.29, 1.82) is 5.26 Å². The smallest absolute Gasteiger partial charge is 0.321 e. The van der Waals surface area contributed by atoms with Gasteiger partial charge in [0.05, 0.1) is 36.5 Å². The molecule has 0 bridgehead atoms. The van der Waals surface area contributed by atoms with Crippen LogP contribution in [0, 0.1) is 17.2 Å². The van der Waals surface area contributed by atoms with Gasteiger partial charge in [0.15, 0.2) is 0 Å². The summed E-state index contributed by atoms with van der Waals surface area (Å²) in [7, 11) is 0. The maximum absolute atomic E-state index is 11.9. The van der Waals surface area contributed by atoms with E-state index in [2.05, 4.69) is 27.1 Å². The number of hydrogen-bond acceptors (Lipinski definition) is 5. The zero-order valence-corrected chi connectivity index (χ0v) is 13.6. The number of nitrogens with one attached hydrogen (secondary N) is 3. The van der Waals surface area contributed by atoms with Gasteiger partial charge in [0.2, 0.25) is 0 Å². The van der Waals surface area contributed by atoms with Gasteiger partial charge in [-0.25, -0.2) is 4.79 Å². The van der Waals surface area contributed by atoms with Crippen molar-refractivity contribution >= 4 is 11.7 Å². The number of fused-ring (bicyclic) bond motifs is 1. The molecule has 1 aromatic heterocycles. The van der Waals surface area contributed by atoms with Crippen LogP contribution in [0.5, 0.6) is 0 Å². The van der Waals surface area contributed by atoms with Gasteiger partial charge in [-0.2, -0.15) is 10.4 Å². The third kappa shape index (κ3) is 2.76. The van der Waals surface area contributed by atoms with Gasteiger partial charge >= 0.3 is 6.03 Å². The predicted octanol–water partition coefficient (Wildman–Crippen LogP) is 0.966. The van der Waals surface area contributed by atoms with Gasteiger partial charge in [-0.3, -0.25) is 4.68 Å². The average Bonchev–Trinajstić information content (AvgIpc) is 3.32. The first kappa shape index (κ1) is 15.7. The fourth-order valence-electron chi connectivity index (χ4n) is 3.96. The van der Waals surface area contributed by atoms with Crippen molar-refractivity contribution in [2.24, 2.45) is 5.92 Å². The molecule has 0 spiro atoms. The topological polar surface area (TPSA) is 115 Å².